The van der Waals surface area contributed by atoms with Crippen LogP contribution in [0.1, 0.15) is 58.9 Å². The first kappa shape index (κ1) is 14.1. The van der Waals surface area contributed by atoms with Crippen molar-refractivity contribution in [2.24, 2.45) is 0 Å². The molecule has 0 bridgehead atoms. The largest absolute Gasteiger partial charge is 0.513 e. The van der Waals surface area contributed by atoms with E-state index >= 15 is 0 Å². The Balaban J connectivity index is 1.74. The molecular weight excluding hydrogens is 255 g/mol. The minimum atomic E-state index is -0.384. The fraction of sp³-hybridized carbons (Fsp3) is 0.786. The first-order valence-corrected chi connectivity index (χ1v) is 7.41. The van der Waals surface area contributed by atoms with Gasteiger partial charge >= 0.3 is 7.12 Å². The zero-order chi connectivity index (χ0) is 14.4. The lowest BCUT2D eigenvalue weighted by atomic mass is 9.86. The van der Waals surface area contributed by atoms with Crippen molar-refractivity contribution in [2.45, 2.75) is 64.3 Å². The third kappa shape index (κ3) is 2.40. The lowest BCUT2D eigenvalue weighted by Gasteiger charge is -2.32. The van der Waals surface area contributed by atoms with Crippen molar-refractivity contribution in [1.29, 1.82) is 0 Å². The molecule has 0 saturated carbocycles. The molecule has 5 nitrogen and oxygen atoms in total. The van der Waals surface area contributed by atoms with Crippen molar-refractivity contribution < 1.29 is 14.0 Å². The lowest BCUT2D eigenvalue weighted by Crippen LogP contribution is -2.41. The highest BCUT2D eigenvalue weighted by Gasteiger charge is 2.52. The van der Waals surface area contributed by atoms with E-state index in [0.29, 0.717) is 0 Å². The Kier molecular flexibility index (Phi) is 3.43. The second kappa shape index (κ2) is 4.86. The van der Waals surface area contributed by atoms with Crippen LogP contribution in [0.2, 0.25) is 0 Å². The molecule has 0 amide bonds. The van der Waals surface area contributed by atoms with E-state index in [4.69, 9.17) is 14.0 Å². The highest BCUT2D eigenvalue weighted by atomic mass is 16.7. The average molecular weight is 278 g/mol. The highest BCUT2D eigenvalue weighted by Crippen LogP contribution is 2.36. The maximum atomic E-state index is 6.02. The molecule has 1 atom stereocenters. The number of imidazole rings is 1. The van der Waals surface area contributed by atoms with Crippen molar-refractivity contribution in [3.05, 3.63) is 12.0 Å². The molecule has 2 saturated heterocycles. The minimum absolute atomic E-state index is 0.0833. The summed E-state index contributed by atoms with van der Waals surface area (Å²) in [5.74, 6) is 0.884. The molecule has 0 aromatic carbocycles. The molecule has 1 unspecified atom stereocenters. The van der Waals surface area contributed by atoms with Crippen LogP contribution in [0.5, 0.6) is 0 Å². The molecular formula is C14H23BN2O3. The van der Waals surface area contributed by atoms with Crippen molar-refractivity contribution in [3.63, 3.8) is 0 Å². The molecule has 2 fully saturated rings. The number of aromatic nitrogens is 2. The Hall–Kier alpha value is -0.845. The van der Waals surface area contributed by atoms with Gasteiger partial charge < -0.3 is 19.0 Å². The molecule has 2 aliphatic rings. The first-order valence-electron chi connectivity index (χ1n) is 7.41. The number of aromatic amines is 1. The van der Waals surface area contributed by atoms with Gasteiger partial charge in [-0.1, -0.05) is 0 Å². The smallest absolute Gasteiger partial charge is 0.398 e. The van der Waals surface area contributed by atoms with Gasteiger partial charge in [0.25, 0.3) is 0 Å². The van der Waals surface area contributed by atoms with Gasteiger partial charge in [-0.05, 0) is 47.0 Å². The Labute approximate surface area is 120 Å². The van der Waals surface area contributed by atoms with Gasteiger partial charge in [-0.2, -0.15) is 0 Å². The molecule has 1 N–H and O–H groups in total. The number of H-pyrrole nitrogens is 1. The van der Waals surface area contributed by atoms with Crippen LogP contribution in [-0.4, -0.2) is 34.9 Å². The van der Waals surface area contributed by atoms with Gasteiger partial charge in [-0.15, -0.1) is 0 Å². The van der Waals surface area contributed by atoms with Gasteiger partial charge in [0, 0.05) is 12.8 Å². The summed E-state index contributed by atoms with van der Waals surface area (Å²) in [6.45, 7) is 9.02. The predicted octanol–water partition coefficient (Wildman–Crippen LogP) is 1.95. The fourth-order valence-corrected chi connectivity index (χ4v) is 2.56. The summed E-state index contributed by atoms with van der Waals surface area (Å²) in [7, 11) is -0.384. The zero-order valence-corrected chi connectivity index (χ0v) is 12.7. The second-order valence-electron chi connectivity index (χ2n) is 6.67. The van der Waals surface area contributed by atoms with Gasteiger partial charge in [-0.25, -0.2) is 4.98 Å². The van der Waals surface area contributed by atoms with E-state index in [0.717, 1.165) is 30.9 Å². The Morgan fingerprint density at radius 1 is 1.20 bits per heavy atom. The van der Waals surface area contributed by atoms with E-state index in [1.807, 2.05) is 0 Å². The SMILES string of the molecule is CC1(C)OB(c2cnc(C3CCCCO3)[nH]2)OC1(C)C. The third-order valence-electron chi connectivity index (χ3n) is 4.61. The normalized spacial score (nSPS) is 28.8. The quantitative estimate of drug-likeness (QED) is 0.840. The van der Waals surface area contributed by atoms with E-state index < -0.39 is 0 Å². The lowest BCUT2D eigenvalue weighted by molar-refractivity contribution is 0.00578. The van der Waals surface area contributed by atoms with Crippen molar-refractivity contribution in [3.8, 4) is 0 Å². The topological polar surface area (TPSA) is 56.4 Å². The van der Waals surface area contributed by atoms with E-state index in [9.17, 15) is 0 Å². The highest BCUT2D eigenvalue weighted by molar-refractivity contribution is 6.61. The molecule has 1 aromatic heterocycles. The van der Waals surface area contributed by atoms with Crippen LogP contribution in [-0.2, 0) is 14.0 Å². The number of nitrogens with one attached hydrogen (secondary N) is 1. The number of ether oxygens (including phenoxy) is 1. The molecule has 20 heavy (non-hydrogen) atoms. The minimum Gasteiger partial charge on any atom is -0.398 e. The summed E-state index contributed by atoms with van der Waals surface area (Å²) in [6, 6.07) is 0. The van der Waals surface area contributed by atoms with Gasteiger partial charge in [0.1, 0.15) is 11.9 Å². The van der Waals surface area contributed by atoms with Crippen molar-refractivity contribution in [2.75, 3.05) is 6.61 Å². The Morgan fingerprint density at radius 3 is 2.50 bits per heavy atom. The van der Waals surface area contributed by atoms with Gasteiger partial charge in [0.15, 0.2) is 0 Å². The van der Waals surface area contributed by atoms with Crippen LogP contribution in [0.3, 0.4) is 0 Å². The number of hydrogen-bond donors (Lipinski definition) is 1. The van der Waals surface area contributed by atoms with Crippen LogP contribution in [0, 0.1) is 0 Å². The maximum Gasteiger partial charge on any atom is 0.513 e. The molecule has 3 rings (SSSR count). The molecule has 0 aliphatic carbocycles. The Morgan fingerprint density at radius 2 is 1.90 bits per heavy atom. The molecule has 0 spiro atoms. The summed E-state index contributed by atoms with van der Waals surface area (Å²) in [6.07, 6.45) is 5.24. The first-order chi connectivity index (χ1) is 9.39. The summed E-state index contributed by atoms with van der Waals surface area (Å²) in [5.41, 5.74) is 0.210. The third-order valence-corrected chi connectivity index (χ3v) is 4.61. The standard InChI is InChI=1S/C14H23BN2O3/c1-13(2)14(3,4)20-15(19-13)11-9-16-12(17-11)10-7-5-6-8-18-10/h9-10H,5-8H2,1-4H3,(H,16,17). The monoisotopic (exact) mass is 278 g/mol. The predicted molar refractivity (Wildman–Crippen MR) is 76.8 cm³/mol. The maximum absolute atomic E-state index is 6.02. The molecule has 1 aromatic rings. The van der Waals surface area contributed by atoms with E-state index in [1.165, 1.54) is 6.42 Å². The van der Waals surface area contributed by atoms with Gasteiger partial charge in [0.05, 0.1) is 16.8 Å². The summed E-state index contributed by atoms with van der Waals surface area (Å²) in [4.78, 5) is 7.75. The van der Waals surface area contributed by atoms with Crippen LogP contribution < -0.4 is 5.59 Å². The van der Waals surface area contributed by atoms with E-state index in [1.54, 1.807) is 6.20 Å². The molecule has 3 heterocycles. The van der Waals surface area contributed by atoms with Crippen molar-refractivity contribution >= 4 is 12.7 Å². The number of nitrogens with zero attached hydrogens (tertiary/aromatic N) is 1. The van der Waals surface area contributed by atoms with Crippen LogP contribution in [0.25, 0.3) is 0 Å². The van der Waals surface area contributed by atoms with Gasteiger partial charge in [-0.3, -0.25) is 0 Å². The Bertz CT molecular complexity index is 465. The average Bonchev–Trinajstić information content (AvgIpc) is 2.94. The van der Waals surface area contributed by atoms with Gasteiger partial charge in [0.2, 0.25) is 0 Å². The second-order valence-corrected chi connectivity index (χ2v) is 6.67. The zero-order valence-electron chi connectivity index (χ0n) is 12.7. The van der Waals surface area contributed by atoms with Crippen molar-refractivity contribution in [1.82, 2.24) is 9.97 Å². The fourth-order valence-electron chi connectivity index (χ4n) is 2.56. The molecule has 110 valence electrons. The summed E-state index contributed by atoms with van der Waals surface area (Å²) in [5, 5.41) is 0. The number of rotatable bonds is 2. The van der Waals surface area contributed by atoms with Crippen LogP contribution in [0.15, 0.2) is 6.20 Å². The molecule has 2 aliphatic heterocycles. The summed E-state index contributed by atoms with van der Waals surface area (Å²) < 4.78 is 17.8. The van der Waals surface area contributed by atoms with Crippen LogP contribution >= 0.6 is 0 Å². The van der Waals surface area contributed by atoms with E-state index in [-0.39, 0.29) is 24.4 Å². The van der Waals surface area contributed by atoms with E-state index in [2.05, 4.69) is 37.7 Å². The molecule has 6 heteroatoms. The number of hydrogen-bond acceptors (Lipinski definition) is 4. The molecule has 0 radical (unpaired) electrons. The summed E-state index contributed by atoms with van der Waals surface area (Å²) >= 11 is 0. The van der Waals surface area contributed by atoms with Crippen LogP contribution in [0.4, 0.5) is 0 Å².